The van der Waals surface area contributed by atoms with Crippen LogP contribution in [0.25, 0.3) is 11.5 Å². The lowest BCUT2D eigenvalue weighted by Crippen LogP contribution is -2.05. The van der Waals surface area contributed by atoms with Gasteiger partial charge in [-0.2, -0.15) is 0 Å². The lowest BCUT2D eigenvalue weighted by molar-refractivity contribution is 0.0663. The monoisotopic (exact) mass is 206 g/mol. The maximum absolute atomic E-state index is 10.7. The zero-order valence-corrected chi connectivity index (χ0v) is 7.48. The number of aromatic carboxylic acids is 1. The van der Waals surface area contributed by atoms with Crippen molar-refractivity contribution < 1.29 is 18.7 Å². The van der Waals surface area contributed by atoms with Gasteiger partial charge in [0.2, 0.25) is 5.76 Å². The van der Waals surface area contributed by atoms with Crippen LogP contribution in [0.1, 0.15) is 16.2 Å². The maximum Gasteiger partial charge on any atom is 0.371 e. The number of rotatable bonds is 1. The molecule has 2 aromatic rings. The highest BCUT2D eigenvalue weighted by molar-refractivity contribution is 5.89. The fourth-order valence-electron chi connectivity index (χ4n) is 1.56. The molecule has 0 saturated carbocycles. The smallest absolute Gasteiger partial charge is 0.371 e. The zero-order chi connectivity index (χ0) is 10.4. The van der Waals surface area contributed by atoms with Gasteiger partial charge in [0, 0.05) is 6.07 Å². The number of hydrogen-bond acceptors (Lipinski definition) is 5. The summed E-state index contributed by atoms with van der Waals surface area (Å²) in [5.74, 6) is -0.327. The molecule has 0 aliphatic carbocycles. The van der Waals surface area contributed by atoms with Gasteiger partial charge >= 0.3 is 5.97 Å². The summed E-state index contributed by atoms with van der Waals surface area (Å²) in [7, 11) is 0. The van der Waals surface area contributed by atoms with Gasteiger partial charge < -0.3 is 19.3 Å². The minimum absolute atomic E-state index is 0.114. The second-order valence-corrected chi connectivity index (χ2v) is 3.14. The molecule has 6 heteroatoms. The van der Waals surface area contributed by atoms with E-state index in [0.717, 1.165) is 0 Å². The molecule has 0 amide bonds. The van der Waals surface area contributed by atoms with Crippen molar-refractivity contribution in [2.45, 2.75) is 6.54 Å². The molecule has 76 valence electrons. The molecule has 1 aliphatic heterocycles. The van der Waals surface area contributed by atoms with E-state index in [2.05, 4.69) is 10.3 Å². The number of anilines is 1. The highest BCUT2D eigenvalue weighted by Gasteiger charge is 2.26. The van der Waals surface area contributed by atoms with Crippen molar-refractivity contribution >= 4 is 11.7 Å². The lowest BCUT2D eigenvalue weighted by atomic mass is 10.2. The quantitative estimate of drug-likeness (QED) is 0.735. The summed E-state index contributed by atoms with van der Waals surface area (Å²) in [6.45, 7) is 0.511. The van der Waals surface area contributed by atoms with Gasteiger partial charge in [-0.25, -0.2) is 9.78 Å². The third-order valence-electron chi connectivity index (χ3n) is 2.24. The number of oxazole rings is 1. The fraction of sp³-hybridized carbons (Fsp3) is 0.111. The molecule has 0 aromatic carbocycles. The van der Waals surface area contributed by atoms with Crippen molar-refractivity contribution in [3.05, 3.63) is 23.9 Å². The topological polar surface area (TPSA) is 88.5 Å². The molecule has 6 nitrogen and oxygen atoms in total. The summed E-state index contributed by atoms with van der Waals surface area (Å²) in [6.07, 6.45) is 1.31. The van der Waals surface area contributed by atoms with E-state index >= 15 is 0 Å². The molecule has 0 bridgehead atoms. The van der Waals surface area contributed by atoms with Crippen LogP contribution in [0, 0.1) is 0 Å². The van der Waals surface area contributed by atoms with Gasteiger partial charge in [-0.05, 0) is 0 Å². The Bertz CT molecular complexity index is 540. The summed E-state index contributed by atoms with van der Waals surface area (Å²) < 4.78 is 10.3. The van der Waals surface area contributed by atoms with Gasteiger partial charge in [-0.3, -0.25) is 0 Å². The Labute approximate surface area is 83.5 Å². The van der Waals surface area contributed by atoms with E-state index < -0.39 is 5.97 Å². The van der Waals surface area contributed by atoms with Crippen LogP contribution in [0.15, 0.2) is 21.3 Å². The number of nitrogens with one attached hydrogen (secondary N) is 1. The molecule has 15 heavy (non-hydrogen) atoms. The van der Waals surface area contributed by atoms with E-state index in [9.17, 15) is 4.79 Å². The molecule has 0 radical (unpaired) electrons. The Kier molecular flexibility index (Phi) is 1.42. The van der Waals surface area contributed by atoms with Gasteiger partial charge in [-0.1, -0.05) is 0 Å². The predicted octanol–water partition coefficient (Wildman–Crippen LogP) is 1.56. The van der Waals surface area contributed by atoms with Crippen molar-refractivity contribution in [1.82, 2.24) is 4.98 Å². The van der Waals surface area contributed by atoms with E-state index in [1.54, 1.807) is 0 Å². The Hall–Kier alpha value is -2.24. The number of carbonyl (C=O) groups is 1. The van der Waals surface area contributed by atoms with Crippen molar-refractivity contribution in [3.8, 4) is 11.5 Å². The number of furan rings is 1. The second kappa shape index (κ2) is 2.63. The largest absolute Gasteiger partial charge is 0.475 e. The number of nitrogens with zero attached hydrogens (tertiary/aromatic N) is 1. The van der Waals surface area contributed by atoms with Gasteiger partial charge in [0.15, 0.2) is 17.9 Å². The van der Waals surface area contributed by atoms with Crippen LogP contribution in [0.5, 0.6) is 0 Å². The summed E-state index contributed by atoms with van der Waals surface area (Å²) in [6, 6.07) is 1.43. The Morgan fingerprint density at radius 2 is 2.40 bits per heavy atom. The average Bonchev–Trinajstić information content (AvgIpc) is 2.82. The molecule has 2 aromatic heterocycles. The molecule has 0 unspecified atom stereocenters. The third-order valence-corrected chi connectivity index (χ3v) is 2.24. The first-order chi connectivity index (χ1) is 7.25. The van der Waals surface area contributed by atoms with E-state index in [1.807, 2.05) is 0 Å². The van der Waals surface area contributed by atoms with E-state index in [-0.39, 0.29) is 5.76 Å². The Morgan fingerprint density at radius 1 is 1.53 bits per heavy atom. The van der Waals surface area contributed by atoms with Crippen LogP contribution in [-0.2, 0) is 6.54 Å². The summed E-state index contributed by atoms with van der Waals surface area (Å²) in [4.78, 5) is 14.7. The molecular formula is C9H6N2O4. The first-order valence-electron chi connectivity index (χ1n) is 4.29. The van der Waals surface area contributed by atoms with E-state index in [4.69, 9.17) is 13.9 Å². The van der Waals surface area contributed by atoms with Gasteiger partial charge in [0.05, 0.1) is 12.2 Å². The van der Waals surface area contributed by atoms with Crippen molar-refractivity contribution in [2.75, 3.05) is 5.32 Å². The second-order valence-electron chi connectivity index (χ2n) is 3.14. The summed E-state index contributed by atoms with van der Waals surface area (Å²) in [5.41, 5.74) is 1.34. The SMILES string of the molecule is O=C(O)c1cc2c(o1)-c1ocnc1CN2. The number of carboxylic acids is 1. The first kappa shape index (κ1) is 8.10. The molecular weight excluding hydrogens is 200 g/mol. The van der Waals surface area contributed by atoms with Crippen LogP contribution in [-0.4, -0.2) is 16.1 Å². The van der Waals surface area contributed by atoms with Crippen LogP contribution in [0.2, 0.25) is 0 Å². The van der Waals surface area contributed by atoms with Gasteiger partial charge in [0.1, 0.15) is 5.69 Å². The molecule has 0 spiro atoms. The molecule has 3 rings (SSSR count). The Balaban J connectivity index is 2.20. The maximum atomic E-state index is 10.7. The number of hydrogen-bond donors (Lipinski definition) is 2. The van der Waals surface area contributed by atoms with Crippen LogP contribution >= 0.6 is 0 Å². The van der Waals surface area contributed by atoms with E-state index in [1.165, 1.54) is 12.5 Å². The highest BCUT2D eigenvalue weighted by atomic mass is 16.4. The van der Waals surface area contributed by atoms with Crippen LogP contribution < -0.4 is 5.32 Å². The molecule has 0 fully saturated rings. The standard InChI is InChI=1S/C9H6N2O4/c12-9(13)6-1-4-8(15-6)7-5(2-10-4)11-3-14-7/h1,3,10H,2H2,(H,12,13). The van der Waals surface area contributed by atoms with Crippen molar-refractivity contribution in [3.63, 3.8) is 0 Å². The average molecular weight is 206 g/mol. The van der Waals surface area contributed by atoms with Crippen LogP contribution in [0.4, 0.5) is 5.69 Å². The number of fused-ring (bicyclic) bond motifs is 3. The number of aromatic nitrogens is 1. The van der Waals surface area contributed by atoms with Crippen molar-refractivity contribution in [1.29, 1.82) is 0 Å². The number of carboxylic acid groups (broad SMARTS) is 1. The lowest BCUT2D eigenvalue weighted by Gasteiger charge is -2.09. The van der Waals surface area contributed by atoms with Crippen LogP contribution in [0.3, 0.4) is 0 Å². The molecule has 1 aliphatic rings. The highest BCUT2D eigenvalue weighted by Crippen LogP contribution is 2.37. The van der Waals surface area contributed by atoms with E-state index in [0.29, 0.717) is 29.4 Å². The molecule has 0 atom stereocenters. The van der Waals surface area contributed by atoms with Gasteiger partial charge in [-0.15, -0.1) is 0 Å². The van der Waals surface area contributed by atoms with Crippen molar-refractivity contribution in [2.24, 2.45) is 0 Å². The predicted molar refractivity (Wildman–Crippen MR) is 48.5 cm³/mol. The fourth-order valence-corrected chi connectivity index (χ4v) is 1.56. The Morgan fingerprint density at radius 3 is 3.20 bits per heavy atom. The summed E-state index contributed by atoms with van der Waals surface area (Å²) in [5, 5.41) is 11.8. The van der Waals surface area contributed by atoms with Gasteiger partial charge in [0.25, 0.3) is 0 Å². The molecule has 2 N–H and O–H groups in total. The normalized spacial score (nSPS) is 12.8. The summed E-state index contributed by atoms with van der Waals surface area (Å²) >= 11 is 0. The molecule has 3 heterocycles. The molecule has 0 saturated heterocycles. The third kappa shape index (κ3) is 1.04. The zero-order valence-electron chi connectivity index (χ0n) is 7.48. The first-order valence-corrected chi connectivity index (χ1v) is 4.29. The minimum atomic E-state index is -1.10. The minimum Gasteiger partial charge on any atom is -0.475 e.